The molecule has 2 amide bonds. The molecule has 3 aromatic rings. The Morgan fingerprint density at radius 2 is 1.72 bits per heavy atom. The van der Waals surface area contributed by atoms with Gasteiger partial charge in [0.1, 0.15) is 5.75 Å². The first-order valence-corrected chi connectivity index (χ1v) is 18.7. The van der Waals surface area contributed by atoms with Crippen molar-refractivity contribution < 1.29 is 22.7 Å². The van der Waals surface area contributed by atoms with Crippen LogP contribution in [0.2, 0.25) is 0 Å². The van der Waals surface area contributed by atoms with Crippen LogP contribution >= 0.6 is 0 Å². The third kappa shape index (κ3) is 4.68. The summed E-state index contributed by atoms with van der Waals surface area (Å²) in [6.45, 7) is 7.08. The van der Waals surface area contributed by atoms with Crippen molar-refractivity contribution in [2.24, 2.45) is 5.41 Å². The van der Waals surface area contributed by atoms with E-state index in [1.54, 1.807) is 33.9 Å². The second-order valence-corrected chi connectivity index (χ2v) is 18.2. The van der Waals surface area contributed by atoms with Crippen LogP contribution in [-0.4, -0.2) is 78.7 Å². The van der Waals surface area contributed by atoms with Crippen LogP contribution in [0.5, 0.6) is 5.75 Å². The van der Waals surface area contributed by atoms with Gasteiger partial charge in [-0.3, -0.25) is 9.59 Å². The molecule has 5 aliphatic rings. The van der Waals surface area contributed by atoms with E-state index in [-0.39, 0.29) is 23.9 Å². The molecule has 0 radical (unpaired) electrons. The molecule has 1 N–H and O–H groups in total. The number of carbonyl (C=O) groups excluding carboxylic acids is 2. The summed E-state index contributed by atoms with van der Waals surface area (Å²) in [5.74, 6) is 0.858. The summed E-state index contributed by atoms with van der Waals surface area (Å²) >= 11 is 0. The predicted octanol–water partition coefficient (Wildman–Crippen LogP) is 5.62. The topological polar surface area (TPSA) is 101 Å². The fraction of sp³-hybridized carbons (Fsp3) is 0.568. The lowest BCUT2D eigenvalue weighted by Gasteiger charge is -2.56. The lowest BCUT2D eigenvalue weighted by atomic mass is 9.81. The van der Waals surface area contributed by atoms with Gasteiger partial charge in [0.25, 0.3) is 5.91 Å². The van der Waals surface area contributed by atoms with Crippen molar-refractivity contribution in [3.63, 3.8) is 0 Å². The number of hydrogen-bond donors (Lipinski definition) is 1. The van der Waals surface area contributed by atoms with Gasteiger partial charge in [-0.25, -0.2) is 13.1 Å². The SMILES string of the molecule is COc1ccc2c(c1)C1CC1(C(=O)N1C3CC1CN(C)C3)Cn1c-2c(C2CCCCC2)c2ccc(C(=O)NS(=O)(=O)C(C)(C)C)cc21. The average molecular weight is 659 g/mol. The molecule has 10 heteroatoms. The van der Waals surface area contributed by atoms with Crippen LogP contribution in [-0.2, 0) is 21.4 Å². The molecule has 8 rings (SSSR count). The van der Waals surface area contributed by atoms with Crippen molar-refractivity contribution >= 4 is 32.7 Å². The van der Waals surface area contributed by atoms with Gasteiger partial charge in [0.05, 0.1) is 23.0 Å². The van der Waals surface area contributed by atoms with Crippen molar-refractivity contribution in [1.29, 1.82) is 0 Å². The number of methoxy groups -OCH3 is 1. The van der Waals surface area contributed by atoms with Crippen molar-refractivity contribution in [3.8, 4) is 17.0 Å². The summed E-state index contributed by atoms with van der Waals surface area (Å²) in [7, 11) is -0.0620. The Morgan fingerprint density at radius 1 is 1.00 bits per heavy atom. The monoisotopic (exact) mass is 658 g/mol. The minimum Gasteiger partial charge on any atom is -0.497 e. The number of ether oxygens (including phenoxy) is 1. The van der Waals surface area contributed by atoms with Crippen LogP contribution in [0.25, 0.3) is 22.2 Å². The van der Waals surface area contributed by atoms with Gasteiger partial charge in [0.15, 0.2) is 0 Å². The van der Waals surface area contributed by atoms with Gasteiger partial charge in [-0.2, -0.15) is 0 Å². The fourth-order valence-corrected chi connectivity index (χ4v) is 9.83. The van der Waals surface area contributed by atoms with Crippen LogP contribution in [0.4, 0.5) is 0 Å². The van der Waals surface area contributed by atoms with Gasteiger partial charge in [-0.15, -0.1) is 0 Å². The Bertz CT molecular complexity index is 1910. The highest BCUT2D eigenvalue weighted by molar-refractivity contribution is 7.91. The van der Waals surface area contributed by atoms with E-state index < -0.39 is 26.1 Å². The maximum Gasteiger partial charge on any atom is 0.264 e. The quantitative estimate of drug-likeness (QED) is 0.382. The number of carbonyl (C=O) groups is 2. The van der Waals surface area contributed by atoms with Gasteiger partial charge >= 0.3 is 0 Å². The minimum absolute atomic E-state index is 0.0803. The number of likely N-dealkylation sites (N-methyl/N-ethyl adjacent to an activating group) is 1. The maximum atomic E-state index is 14.8. The molecule has 9 nitrogen and oxygen atoms in total. The average Bonchev–Trinajstić information content (AvgIpc) is 3.70. The largest absolute Gasteiger partial charge is 0.497 e. The lowest BCUT2D eigenvalue weighted by Crippen LogP contribution is -2.70. The predicted molar refractivity (Wildman–Crippen MR) is 182 cm³/mol. The molecule has 4 unspecified atom stereocenters. The van der Waals surface area contributed by atoms with E-state index in [4.69, 9.17) is 4.74 Å². The molecule has 3 aliphatic heterocycles. The van der Waals surface area contributed by atoms with Crippen LogP contribution in [0, 0.1) is 5.41 Å². The molecule has 4 atom stereocenters. The molecule has 2 bridgehead atoms. The van der Waals surface area contributed by atoms with E-state index in [1.807, 2.05) is 18.2 Å². The van der Waals surface area contributed by atoms with Crippen LogP contribution in [0.1, 0.15) is 99.0 Å². The highest BCUT2D eigenvalue weighted by Crippen LogP contribution is 2.67. The van der Waals surface area contributed by atoms with Crippen molar-refractivity contribution in [1.82, 2.24) is 19.1 Å². The summed E-state index contributed by atoms with van der Waals surface area (Å²) in [6, 6.07) is 12.5. The first-order chi connectivity index (χ1) is 22.3. The number of aromatic nitrogens is 1. The number of piperazine rings is 1. The summed E-state index contributed by atoms with van der Waals surface area (Å²) in [4.78, 5) is 32.8. The van der Waals surface area contributed by atoms with Gasteiger partial charge in [0, 0.05) is 59.7 Å². The molecule has 2 aliphatic carbocycles. The number of benzene rings is 2. The second-order valence-electron chi connectivity index (χ2n) is 15.8. The Labute approximate surface area is 277 Å². The van der Waals surface area contributed by atoms with E-state index in [0.29, 0.717) is 18.0 Å². The van der Waals surface area contributed by atoms with Crippen LogP contribution in [0.3, 0.4) is 0 Å². The molecular weight excluding hydrogens is 612 g/mol. The molecule has 47 heavy (non-hydrogen) atoms. The Hall–Kier alpha value is -3.37. The number of nitrogens with one attached hydrogen (secondary N) is 1. The highest BCUT2D eigenvalue weighted by Gasteiger charge is 2.66. The highest BCUT2D eigenvalue weighted by atomic mass is 32.2. The number of sulfonamides is 1. The third-order valence-electron chi connectivity index (χ3n) is 11.9. The second kappa shape index (κ2) is 10.6. The molecule has 4 heterocycles. The van der Waals surface area contributed by atoms with Gasteiger partial charge in [-0.1, -0.05) is 25.3 Å². The van der Waals surface area contributed by atoms with Gasteiger partial charge < -0.3 is 19.1 Å². The summed E-state index contributed by atoms with van der Waals surface area (Å²) < 4.78 is 35.1. The van der Waals surface area contributed by atoms with Crippen molar-refractivity contribution in [2.45, 2.75) is 101 Å². The standard InChI is InChI=1S/C37H46N4O5S/c1-36(2,3)47(44,45)38-34(42)23-11-13-28-31(15-23)40-21-37(35(43)41-24-16-25(41)20-39(4)19-24)18-30(37)29-17-26(46-5)12-14-27(29)33(40)32(28)22-9-7-6-8-10-22/h11-15,17,22,24-25,30H,6-10,16,18-21H2,1-5H3,(H,38,42). The van der Waals surface area contributed by atoms with E-state index >= 15 is 0 Å². The first-order valence-electron chi connectivity index (χ1n) is 17.3. The van der Waals surface area contributed by atoms with Crippen LogP contribution in [0.15, 0.2) is 36.4 Å². The summed E-state index contributed by atoms with van der Waals surface area (Å²) in [6.07, 6.45) is 7.63. The number of hydrogen-bond acceptors (Lipinski definition) is 6. The van der Waals surface area contributed by atoms with E-state index in [1.165, 1.54) is 30.4 Å². The van der Waals surface area contributed by atoms with Gasteiger partial charge in [-0.05, 0) is 101 Å². The molecule has 0 spiro atoms. The number of likely N-dealkylation sites (tertiary alicyclic amines) is 2. The summed E-state index contributed by atoms with van der Waals surface area (Å²) in [5.41, 5.74) is 5.37. The number of piperidine rings is 1. The van der Waals surface area contributed by atoms with E-state index in [9.17, 15) is 18.0 Å². The normalized spacial score (nSPS) is 27.3. The molecule has 2 saturated carbocycles. The first kappa shape index (κ1) is 30.9. The molecule has 4 fully saturated rings. The maximum absolute atomic E-state index is 14.8. The molecule has 2 saturated heterocycles. The van der Waals surface area contributed by atoms with Crippen molar-refractivity contribution in [3.05, 3.63) is 53.1 Å². The number of amides is 2. The molecular formula is C37H46N4O5S. The zero-order valence-electron chi connectivity index (χ0n) is 28.1. The smallest absolute Gasteiger partial charge is 0.264 e. The zero-order chi connectivity index (χ0) is 33.0. The lowest BCUT2D eigenvalue weighted by molar-refractivity contribution is -0.159. The number of fused-ring (bicyclic) bond motifs is 9. The summed E-state index contributed by atoms with van der Waals surface area (Å²) in [5, 5.41) is 1.09. The Morgan fingerprint density at radius 3 is 2.40 bits per heavy atom. The Balaban J connectivity index is 1.31. The van der Waals surface area contributed by atoms with E-state index in [2.05, 4.69) is 38.3 Å². The third-order valence-corrected chi connectivity index (χ3v) is 13.9. The van der Waals surface area contributed by atoms with Crippen molar-refractivity contribution in [2.75, 3.05) is 27.2 Å². The number of rotatable bonds is 5. The molecule has 2 aromatic carbocycles. The molecule has 1 aromatic heterocycles. The van der Waals surface area contributed by atoms with Crippen LogP contribution < -0.4 is 9.46 Å². The Kier molecular flexibility index (Phi) is 6.95. The van der Waals surface area contributed by atoms with Gasteiger partial charge in [0.2, 0.25) is 15.9 Å². The number of nitrogens with zero attached hydrogens (tertiary/aromatic N) is 3. The fourth-order valence-electron chi connectivity index (χ4n) is 9.17. The zero-order valence-corrected chi connectivity index (χ0v) is 29.0. The minimum atomic E-state index is -3.89. The van der Waals surface area contributed by atoms with E-state index in [0.717, 1.165) is 66.7 Å². The molecule has 250 valence electrons.